The van der Waals surface area contributed by atoms with Gasteiger partial charge in [0.15, 0.2) is 0 Å². The standard InChI is InChI=1S/C12H18N2OS/c1-8(11-4-3-7-16-11)13-9(2)12(15)14-10-5-6-10/h3-4,7-10,13H,5-6H2,1-2H3,(H,14,15)/t8-,9?/m0/s1. The maximum Gasteiger partial charge on any atom is 0.237 e. The number of nitrogens with one attached hydrogen (secondary N) is 2. The molecular weight excluding hydrogens is 220 g/mol. The molecule has 4 heteroatoms. The first-order valence-corrected chi connectivity index (χ1v) is 6.64. The molecule has 0 radical (unpaired) electrons. The largest absolute Gasteiger partial charge is 0.352 e. The number of rotatable bonds is 5. The molecule has 2 rings (SSSR count). The van der Waals surface area contributed by atoms with Gasteiger partial charge in [0.25, 0.3) is 0 Å². The molecule has 2 atom stereocenters. The second-order valence-electron chi connectivity index (χ2n) is 4.41. The summed E-state index contributed by atoms with van der Waals surface area (Å²) in [7, 11) is 0. The SMILES string of the molecule is CC(N[C@@H](C)c1cccs1)C(=O)NC1CC1. The van der Waals surface area contributed by atoms with E-state index in [1.807, 2.05) is 13.0 Å². The van der Waals surface area contributed by atoms with Crippen molar-refractivity contribution in [1.82, 2.24) is 10.6 Å². The van der Waals surface area contributed by atoms with Crippen molar-refractivity contribution >= 4 is 17.2 Å². The molecule has 3 nitrogen and oxygen atoms in total. The maximum absolute atomic E-state index is 11.7. The monoisotopic (exact) mass is 238 g/mol. The summed E-state index contributed by atoms with van der Waals surface area (Å²) in [5.74, 6) is 0.117. The molecule has 1 amide bonds. The zero-order valence-electron chi connectivity index (χ0n) is 9.69. The van der Waals surface area contributed by atoms with Gasteiger partial charge >= 0.3 is 0 Å². The highest BCUT2D eigenvalue weighted by atomic mass is 32.1. The van der Waals surface area contributed by atoms with Crippen LogP contribution in [0.2, 0.25) is 0 Å². The first kappa shape index (κ1) is 11.6. The highest BCUT2D eigenvalue weighted by Crippen LogP contribution is 2.20. The lowest BCUT2D eigenvalue weighted by molar-refractivity contribution is -0.123. The highest BCUT2D eigenvalue weighted by Gasteiger charge is 2.26. The lowest BCUT2D eigenvalue weighted by atomic mass is 10.2. The van der Waals surface area contributed by atoms with Gasteiger partial charge in [-0.3, -0.25) is 10.1 Å². The Morgan fingerprint density at radius 3 is 2.81 bits per heavy atom. The molecule has 1 unspecified atom stereocenters. The summed E-state index contributed by atoms with van der Waals surface area (Å²) in [6.45, 7) is 4.01. The van der Waals surface area contributed by atoms with Crippen molar-refractivity contribution in [3.63, 3.8) is 0 Å². The maximum atomic E-state index is 11.7. The number of carbonyl (C=O) groups is 1. The highest BCUT2D eigenvalue weighted by molar-refractivity contribution is 7.10. The Labute approximate surface area is 100 Å². The molecule has 1 aliphatic carbocycles. The molecule has 2 N–H and O–H groups in total. The predicted molar refractivity (Wildman–Crippen MR) is 66.5 cm³/mol. The molecule has 1 aromatic heterocycles. The Kier molecular flexibility index (Phi) is 3.61. The molecule has 0 spiro atoms. The lowest BCUT2D eigenvalue weighted by Crippen LogP contribution is -2.43. The van der Waals surface area contributed by atoms with Crippen molar-refractivity contribution in [1.29, 1.82) is 0 Å². The summed E-state index contributed by atoms with van der Waals surface area (Å²) in [4.78, 5) is 13.0. The first-order valence-electron chi connectivity index (χ1n) is 5.76. The molecular formula is C12H18N2OS. The third-order valence-electron chi connectivity index (χ3n) is 2.79. The Hall–Kier alpha value is -0.870. The molecule has 0 aromatic carbocycles. The van der Waals surface area contributed by atoms with Crippen molar-refractivity contribution in [3.8, 4) is 0 Å². The van der Waals surface area contributed by atoms with Crippen LogP contribution in [0.15, 0.2) is 17.5 Å². The van der Waals surface area contributed by atoms with E-state index in [2.05, 4.69) is 29.0 Å². The number of carbonyl (C=O) groups excluding carboxylic acids is 1. The van der Waals surface area contributed by atoms with E-state index in [1.54, 1.807) is 11.3 Å². The van der Waals surface area contributed by atoms with Crippen LogP contribution in [0.4, 0.5) is 0 Å². The Morgan fingerprint density at radius 1 is 1.50 bits per heavy atom. The van der Waals surface area contributed by atoms with Crippen LogP contribution in [0.5, 0.6) is 0 Å². The average Bonchev–Trinajstić information content (AvgIpc) is 2.89. The molecule has 0 bridgehead atoms. The van der Waals surface area contributed by atoms with Gasteiger partial charge in [0, 0.05) is 17.0 Å². The summed E-state index contributed by atoms with van der Waals surface area (Å²) >= 11 is 1.72. The fourth-order valence-electron chi connectivity index (χ4n) is 1.62. The summed E-state index contributed by atoms with van der Waals surface area (Å²) < 4.78 is 0. The Balaban J connectivity index is 1.81. The molecule has 88 valence electrons. The minimum atomic E-state index is -0.127. The van der Waals surface area contributed by atoms with E-state index in [-0.39, 0.29) is 18.0 Å². The van der Waals surface area contributed by atoms with Gasteiger partial charge in [-0.25, -0.2) is 0 Å². The minimum absolute atomic E-state index is 0.117. The topological polar surface area (TPSA) is 41.1 Å². The van der Waals surface area contributed by atoms with Gasteiger partial charge in [0.05, 0.1) is 6.04 Å². The first-order chi connectivity index (χ1) is 7.66. The quantitative estimate of drug-likeness (QED) is 0.824. The molecule has 1 saturated carbocycles. The number of thiophene rings is 1. The van der Waals surface area contributed by atoms with E-state index in [1.165, 1.54) is 4.88 Å². The number of hydrogen-bond acceptors (Lipinski definition) is 3. The van der Waals surface area contributed by atoms with Crippen molar-refractivity contribution in [2.24, 2.45) is 0 Å². The predicted octanol–water partition coefficient (Wildman–Crippen LogP) is 2.07. The zero-order valence-corrected chi connectivity index (χ0v) is 10.5. The Morgan fingerprint density at radius 2 is 2.25 bits per heavy atom. The van der Waals surface area contributed by atoms with Gasteiger partial charge in [-0.15, -0.1) is 11.3 Å². The van der Waals surface area contributed by atoms with Crippen LogP contribution in [0, 0.1) is 0 Å². The molecule has 1 heterocycles. The summed E-state index contributed by atoms with van der Waals surface area (Å²) in [6.07, 6.45) is 2.28. The van der Waals surface area contributed by atoms with E-state index < -0.39 is 0 Å². The number of amides is 1. The van der Waals surface area contributed by atoms with E-state index >= 15 is 0 Å². The lowest BCUT2D eigenvalue weighted by Gasteiger charge is -2.18. The van der Waals surface area contributed by atoms with Gasteiger partial charge in [-0.2, -0.15) is 0 Å². The second-order valence-corrected chi connectivity index (χ2v) is 5.39. The van der Waals surface area contributed by atoms with Crippen LogP contribution in [0.1, 0.15) is 37.6 Å². The van der Waals surface area contributed by atoms with Crippen LogP contribution in [0.25, 0.3) is 0 Å². The van der Waals surface area contributed by atoms with Gasteiger partial charge < -0.3 is 5.32 Å². The van der Waals surface area contributed by atoms with Crippen LogP contribution in [-0.2, 0) is 4.79 Å². The van der Waals surface area contributed by atoms with E-state index in [9.17, 15) is 4.79 Å². The Bertz CT molecular complexity index is 346. The van der Waals surface area contributed by atoms with Gasteiger partial charge in [0.2, 0.25) is 5.91 Å². The summed E-state index contributed by atoms with van der Waals surface area (Å²) in [6, 6.07) is 4.67. The smallest absolute Gasteiger partial charge is 0.237 e. The third kappa shape index (κ3) is 3.06. The fourth-order valence-corrected chi connectivity index (χ4v) is 2.37. The van der Waals surface area contributed by atoms with Crippen molar-refractivity contribution in [2.75, 3.05) is 0 Å². The van der Waals surface area contributed by atoms with Crippen molar-refractivity contribution < 1.29 is 4.79 Å². The van der Waals surface area contributed by atoms with E-state index in [0.29, 0.717) is 6.04 Å². The zero-order chi connectivity index (χ0) is 11.5. The van der Waals surface area contributed by atoms with Gasteiger partial charge in [0.1, 0.15) is 0 Å². The number of hydrogen-bond donors (Lipinski definition) is 2. The normalized spacial score (nSPS) is 19.1. The summed E-state index contributed by atoms with van der Waals surface area (Å²) in [5, 5.41) is 8.38. The van der Waals surface area contributed by atoms with Crippen LogP contribution >= 0.6 is 11.3 Å². The van der Waals surface area contributed by atoms with E-state index in [4.69, 9.17) is 0 Å². The molecule has 1 aromatic rings. The van der Waals surface area contributed by atoms with E-state index in [0.717, 1.165) is 12.8 Å². The van der Waals surface area contributed by atoms with Gasteiger partial charge in [-0.05, 0) is 38.1 Å². The third-order valence-corrected chi connectivity index (χ3v) is 3.84. The second kappa shape index (κ2) is 4.97. The molecule has 1 aliphatic rings. The molecule has 1 fully saturated rings. The van der Waals surface area contributed by atoms with Crippen LogP contribution < -0.4 is 10.6 Å². The van der Waals surface area contributed by atoms with Crippen molar-refractivity contribution in [2.45, 2.75) is 44.8 Å². The van der Waals surface area contributed by atoms with Crippen LogP contribution in [0.3, 0.4) is 0 Å². The summed E-state index contributed by atoms with van der Waals surface area (Å²) in [5.41, 5.74) is 0. The van der Waals surface area contributed by atoms with Crippen LogP contribution in [-0.4, -0.2) is 18.0 Å². The van der Waals surface area contributed by atoms with Crippen molar-refractivity contribution in [3.05, 3.63) is 22.4 Å². The fraction of sp³-hybridized carbons (Fsp3) is 0.583. The average molecular weight is 238 g/mol. The van der Waals surface area contributed by atoms with Gasteiger partial charge in [-0.1, -0.05) is 6.07 Å². The molecule has 0 aliphatic heterocycles. The minimum Gasteiger partial charge on any atom is -0.352 e. The molecule has 16 heavy (non-hydrogen) atoms. The molecule has 0 saturated heterocycles.